The third-order valence-electron chi connectivity index (χ3n) is 6.29. The van der Waals surface area contributed by atoms with Crippen molar-refractivity contribution in [3.8, 4) is 0 Å². The molecule has 0 spiro atoms. The van der Waals surface area contributed by atoms with Crippen LogP contribution in [0.5, 0.6) is 0 Å². The quantitative estimate of drug-likeness (QED) is 0.185. The van der Waals surface area contributed by atoms with Gasteiger partial charge in [-0.2, -0.15) is 0 Å². The van der Waals surface area contributed by atoms with Gasteiger partial charge in [0.15, 0.2) is 0 Å². The van der Waals surface area contributed by atoms with Crippen LogP contribution >= 0.6 is 22.6 Å². The molecule has 0 aliphatic carbocycles. The van der Waals surface area contributed by atoms with Crippen LogP contribution in [0.1, 0.15) is 22.4 Å². The maximum atomic E-state index is 13.9. The van der Waals surface area contributed by atoms with Crippen LogP contribution in [0, 0.1) is 3.57 Å². The molecule has 3 aromatic carbocycles. The molecule has 1 atom stereocenters. The van der Waals surface area contributed by atoms with Gasteiger partial charge in [0.25, 0.3) is 0 Å². The maximum Gasteiger partial charge on any atom is 0.408 e. The molecule has 0 fully saturated rings. The summed E-state index contributed by atoms with van der Waals surface area (Å²) in [4.78, 5) is 48.1. The lowest BCUT2D eigenvalue weighted by Gasteiger charge is -2.27. The highest BCUT2D eigenvalue weighted by molar-refractivity contribution is 14.1. The van der Waals surface area contributed by atoms with Gasteiger partial charge in [-0.1, -0.05) is 72.8 Å². The number of alkyl carbamates (subject to hydrolysis) is 1. The molecule has 3 amide bonds. The van der Waals surface area contributed by atoms with E-state index in [1.165, 1.54) is 11.2 Å². The second-order valence-corrected chi connectivity index (χ2v) is 10.7. The Balaban J connectivity index is 1.46. The van der Waals surface area contributed by atoms with E-state index < -0.39 is 18.0 Å². The van der Waals surface area contributed by atoms with Crippen molar-refractivity contribution in [3.05, 3.63) is 123 Å². The van der Waals surface area contributed by atoms with Crippen LogP contribution in [-0.4, -0.2) is 51.9 Å². The number of hydrogen-bond acceptors (Lipinski definition) is 5. The number of nitrogens with one attached hydrogen (secondary N) is 3. The van der Waals surface area contributed by atoms with E-state index >= 15 is 0 Å². The van der Waals surface area contributed by atoms with Gasteiger partial charge in [0.2, 0.25) is 11.8 Å². The van der Waals surface area contributed by atoms with Crippen molar-refractivity contribution in [3.63, 3.8) is 0 Å². The van der Waals surface area contributed by atoms with E-state index in [0.717, 1.165) is 20.3 Å². The Morgan fingerprint density at radius 1 is 0.902 bits per heavy atom. The van der Waals surface area contributed by atoms with E-state index in [-0.39, 0.29) is 32.0 Å². The zero-order chi connectivity index (χ0) is 28.9. The van der Waals surface area contributed by atoms with Gasteiger partial charge in [-0.25, -0.2) is 9.78 Å². The summed E-state index contributed by atoms with van der Waals surface area (Å²) >= 11 is 2.22. The number of nitrogens with zero attached hydrogens (tertiary/aromatic N) is 2. The van der Waals surface area contributed by atoms with Gasteiger partial charge in [-0.3, -0.25) is 9.59 Å². The van der Waals surface area contributed by atoms with Crippen molar-refractivity contribution < 1.29 is 19.1 Å². The lowest BCUT2D eigenvalue weighted by Crippen LogP contribution is -2.52. The van der Waals surface area contributed by atoms with Crippen molar-refractivity contribution in [1.82, 2.24) is 25.5 Å². The lowest BCUT2D eigenvalue weighted by molar-refractivity contribution is -0.138. The molecule has 1 aromatic heterocycles. The molecular weight excluding hydrogens is 633 g/mol. The van der Waals surface area contributed by atoms with Crippen LogP contribution in [0.2, 0.25) is 0 Å². The van der Waals surface area contributed by atoms with Crippen molar-refractivity contribution >= 4 is 40.5 Å². The summed E-state index contributed by atoms with van der Waals surface area (Å²) in [6.45, 7) is 0.534. The van der Waals surface area contributed by atoms with Crippen molar-refractivity contribution in [2.24, 2.45) is 0 Å². The molecule has 0 saturated heterocycles. The molecule has 9 nitrogen and oxygen atoms in total. The highest BCUT2D eigenvalue weighted by Gasteiger charge is 2.29. The summed E-state index contributed by atoms with van der Waals surface area (Å²) in [5.74, 6) is -0.695. The molecule has 0 aliphatic rings. The largest absolute Gasteiger partial charge is 0.445 e. The van der Waals surface area contributed by atoms with E-state index in [1.54, 1.807) is 6.20 Å². The van der Waals surface area contributed by atoms with Gasteiger partial charge in [-0.15, -0.1) is 0 Å². The third kappa shape index (κ3) is 10.1. The minimum Gasteiger partial charge on any atom is -0.445 e. The minimum absolute atomic E-state index is 0.0633. The lowest BCUT2D eigenvalue weighted by atomic mass is 10.1. The maximum absolute atomic E-state index is 13.9. The van der Waals surface area contributed by atoms with Crippen LogP contribution in [0.4, 0.5) is 4.79 Å². The summed E-state index contributed by atoms with van der Waals surface area (Å²) < 4.78 is 6.45. The van der Waals surface area contributed by atoms with Crippen molar-refractivity contribution in [2.45, 2.75) is 32.0 Å². The molecule has 3 N–H and O–H groups in total. The Morgan fingerprint density at radius 3 is 2.24 bits per heavy atom. The molecule has 0 saturated carbocycles. The predicted octanol–water partition coefficient (Wildman–Crippen LogP) is 4.24. The zero-order valence-electron chi connectivity index (χ0n) is 22.5. The summed E-state index contributed by atoms with van der Waals surface area (Å²) in [5, 5.41) is 5.62. The second kappa shape index (κ2) is 15.6. The molecule has 41 heavy (non-hydrogen) atoms. The van der Waals surface area contributed by atoms with Gasteiger partial charge in [0.1, 0.15) is 12.6 Å². The number of H-pyrrole nitrogens is 1. The molecular formula is C31H32IN5O4. The number of ether oxygens (including phenoxy) is 1. The first kappa shape index (κ1) is 29.8. The smallest absolute Gasteiger partial charge is 0.408 e. The highest BCUT2D eigenvalue weighted by atomic mass is 127. The summed E-state index contributed by atoms with van der Waals surface area (Å²) in [5.41, 5.74) is 3.46. The number of benzene rings is 3. The minimum atomic E-state index is -0.986. The average molecular weight is 666 g/mol. The van der Waals surface area contributed by atoms with Gasteiger partial charge in [0, 0.05) is 35.0 Å². The molecule has 0 aliphatic heterocycles. The molecule has 212 valence electrons. The van der Waals surface area contributed by atoms with Crippen molar-refractivity contribution in [1.29, 1.82) is 0 Å². The highest BCUT2D eigenvalue weighted by Crippen LogP contribution is 2.12. The number of rotatable bonds is 13. The fourth-order valence-corrected chi connectivity index (χ4v) is 4.55. The van der Waals surface area contributed by atoms with E-state index in [9.17, 15) is 14.4 Å². The third-order valence-corrected chi connectivity index (χ3v) is 7.01. The number of carbonyl (C=O) groups is 3. The number of amides is 3. The first-order valence-electron chi connectivity index (χ1n) is 13.2. The second-order valence-electron chi connectivity index (χ2n) is 9.45. The zero-order valence-corrected chi connectivity index (χ0v) is 24.6. The number of hydrogen-bond donors (Lipinski definition) is 3. The van der Waals surface area contributed by atoms with Gasteiger partial charge >= 0.3 is 6.09 Å². The van der Waals surface area contributed by atoms with Crippen LogP contribution < -0.4 is 10.6 Å². The van der Waals surface area contributed by atoms with Gasteiger partial charge in [-0.05, 0) is 57.8 Å². The van der Waals surface area contributed by atoms with Gasteiger partial charge in [0.05, 0.1) is 12.9 Å². The molecule has 1 unspecified atom stereocenters. The van der Waals surface area contributed by atoms with Crippen LogP contribution in [-0.2, 0) is 40.3 Å². The fourth-order valence-electron chi connectivity index (χ4n) is 4.19. The van der Waals surface area contributed by atoms with Crippen molar-refractivity contribution in [2.75, 3.05) is 13.1 Å². The molecule has 4 rings (SSSR count). The average Bonchev–Trinajstić information content (AvgIpc) is 3.50. The summed E-state index contributed by atoms with van der Waals surface area (Å²) in [6.07, 6.45) is 3.20. The molecule has 10 heteroatoms. The Kier molecular flexibility index (Phi) is 11.3. The molecule has 4 aromatic rings. The molecule has 0 bridgehead atoms. The van der Waals surface area contributed by atoms with Gasteiger partial charge < -0.3 is 25.3 Å². The van der Waals surface area contributed by atoms with E-state index in [1.807, 2.05) is 84.9 Å². The summed E-state index contributed by atoms with van der Waals surface area (Å²) in [6, 6.07) is 25.9. The Hall–Kier alpha value is -4.19. The number of imidazole rings is 1. The van der Waals surface area contributed by atoms with E-state index in [0.29, 0.717) is 18.7 Å². The number of aromatic nitrogens is 2. The first-order valence-corrected chi connectivity index (χ1v) is 14.3. The fraction of sp³-hybridized carbons (Fsp3) is 0.226. The van der Waals surface area contributed by atoms with Crippen LogP contribution in [0.25, 0.3) is 0 Å². The Labute approximate surface area is 252 Å². The van der Waals surface area contributed by atoms with E-state index in [4.69, 9.17) is 4.74 Å². The molecule has 1 heterocycles. The number of carbonyl (C=O) groups excluding carboxylic acids is 3. The monoisotopic (exact) mass is 665 g/mol. The standard InChI is InChI=1S/C31H32IN5O4/c32-26-13-11-24(12-14-26)19-37(20-29(38)34-16-15-23-7-3-1-4-8-23)30(39)28(17-27-18-33-22-35-27)36-31(40)41-21-25-9-5-2-6-10-25/h1-14,18,22,28H,15-17,19-21H2,(H,33,35)(H,34,38)(H,36,40). The molecule has 0 radical (unpaired) electrons. The van der Waals surface area contributed by atoms with E-state index in [2.05, 4.69) is 43.2 Å². The number of aromatic amines is 1. The Morgan fingerprint density at radius 2 is 1.59 bits per heavy atom. The van der Waals surface area contributed by atoms with Crippen LogP contribution in [0.3, 0.4) is 0 Å². The number of halogens is 1. The predicted molar refractivity (Wildman–Crippen MR) is 164 cm³/mol. The normalized spacial score (nSPS) is 11.3. The SMILES string of the molecule is O=C(CN(Cc1ccc(I)cc1)C(=O)C(Cc1cnc[nH]1)NC(=O)OCc1ccccc1)NCCc1ccccc1. The topological polar surface area (TPSA) is 116 Å². The first-order chi connectivity index (χ1) is 20.0. The summed E-state index contributed by atoms with van der Waals surface area (Å²) in [7, 11) is 0. The van der Waals surface area contributed by atoms with Crippen LogP contribution in [0.15, 0.2) is 97.5 Å². The Bertz CT molecular complexity index is 1380.